The normalized spacial score (nSPS) is 14.0. The Morgan fingerprint density at radius 2 is 0.951 bits per heavy atom. The van der Waals surface area contributed by atoms with Crippen molar-refractivity contribution in [3.8, 4) is 0 Å². The molecule has 4 N–H and O–H groups in total. The molecule has 0 aliphatic rings. The van der Waals surface area contributed by atoms with Crippen molar-refractivity contribution < 1.29 is 42.7 Å². The van der Waals surface area contributed by atoms with Gasteiger partial charge in [0, 0.05) is 13.0 Å². The predicted octanol–water partition coefficient (Wildman–Crippen LogP) is 14.4. The molecule has 0 aliphatic carbocycles. The molecule has 0 bridgehead atoms. The zero-order chi connectivity index (χ0) is 44.8. The van der Waals surface area contributed by atoms with Gasteiger partial charge in [0.25, 0.3) is 0 Å². The lowest BCUT2D eigenvalue weighted by Crippen LogP contribution is -2.34. The van der Waals surface area contributed by atoms with Gasteiger partial charge in [0.1, 0.15) is 12.1 Å². The minimum Gasteiger partial charge on any atom is -0.480 e. The van der Waals surface area contributed by atoms with Gasteiger partial charge in [-0.05, 0) is 44.9 Å². The average molecular weight is 884 g/mol. The van der Waals surface area contributed by atoms with Crippen molar-refractivity contribution in [3.05, 3.63) is 36.5 Å². The quantitative estimate of drug-likeness (QED) is 0.0233. The molecule has 0 aliphatic heterocycles. The van der Waals surface area contributed by atoms with Gasteiger partial charge in [0.05, 0.1) is 19.8 Å². The maximum atomic E-state index is 12.7. The summed E-state index contributed by atoms with van der Waals surface area (Å²) in [5.41, 5.74) is 5.37. The van der Waals surface area contributed by atoms with Crippen LogP contribution in [0.1, 0.15) is 232 Å². The first-order chi connectivity index (χ1) is 29.7. The van der Waals surface area contributed by atoms with Crippen LogP contribution in [0.2, 0.25) is 0 Å². The van der Waals surface area contributed by atoms with Gasteiger partial charge in [-0.3, -0.25) is 18.6 Å². The van der Waals surface area contributed by atoms with E-state index in [4.69, 9.17) is 29.4 Å². The molecule has 0 aromatic carbocycles. The van der Waals surface area contributed by atoms with E-state index < -0.39 is 45.1 Å². The van der Waals surface area contributed by atoms with Crippen molar-refractivity contribution in [2.24, 2.45) is 5.73 Å². The number of unbranched alkanes of at least 4 members (excludes halogenated alkanes) is 28. The van der Waals surface area contributed by atoms with Crippen LogP contribution in [-0.4, -0.2) is 60.5 Å². The Bertz CT molecular complexity index is 1110. The largest absolute Gasteiger partial charge is 0.480 e. The number of allylic oxidation sites excluding steroid dienone is 6. The molecule has 0 saturated carbocycles. The lowest BCUT2D eigenvalue weighted by molar-refractivity contribution is -0.154. The molecule has 0 aromatic heterocycles. The summed E-state index contributed by atoms with van der Waals surface area (Å²) >= 11 is 0. The average Bonchev–Trinajstić information content (AvgIpc) is 3.24. The first kappa shape index (κ1) is 59.2. The van der Waals surface area contributed by atoms with Crippen LogP contribution in [0.3, 0.4) is 0 Å². The Hall–Kier alpha value is -1.81. The highest BCUT2D eigenvalue weighted by atomic mass is 31.2. The number of hydrogen-bond donors (Lipinski definition) is 3. The molecule has 0 rings (SSSR count). The van der Waals surface area contributed by atoms with Crippen LogP contribution in [0.25, 0.3) is 0 Å². The number of carbonyl (C=O) groups excluding carboxylic acids is 1. The predicted molar refractivity (Wildman–Crippen MR) is 254 cm³/mol. The number of rotatable bonds is 48. The third-order valence-electron chi connectivity index (χ3n) is 10.9. The van der Waals surface area contributed by atoms with Gasteiger partial charge in [0.15, 0.2) is 0 Å². The molecule has 0 spiro atoms. The number of aliphatic carboxylic acids is 1. The number of esters is 1. The Morgan fingerprint density at radius 1 is 0.541 bits per heavy atom. The zero-order valence-electron chi connectivity index (χ0n) is 39.3. The first-order valence-corrected chi connectivity index (χ1v) is 26.5. The molecule has 0 saturated heterocycles. The molecule has 0 aromatic rings. The lowest BCUT2D eigenvalue weighted by Gasteiger charge is -2.20. The van der Waals surface area contributed by atoms with E-state index in [0.29, 0.717) is 13.0 Å². The summed E-state index contributed by atoms with van der Waals surface area (Å²) in [5, 5.41) is 8.92. The van der Waals surface area contributed by atoms with E-state index in [1.54, 1.807) is 0 Å². The second-order valence-corrected chi connectivity index (χ2v) is 18.4. The molecule has 3 atom stereocenters. The summed E-state index contributed by atoms with van der Waals surface area (Å²) in [6, 6.07) is -1.47. The van der Waals surface area contributed by atoms with Crippen molar-refractivity contribution in [3.63, 3.8) is 0 Å². The minimum atomic E-state index is -4.62. The summed E-state index contributed by atoms with van der Waals surface area (Å²) in [6.07, 6.45) is 53.5. The molecule has 10 nitrogen and oxygen atoms in total. The topological polar surface area (TPSA) is 155 Å². The molecule has 61 heavy (non-hydrogen) atoms. The van der Waals surface area contributed by atoms with Crippen molar-refractivity contribution in [2.75, 3.05) is 26.4 Å². The number of carbonyl (C=O) groups is 2. The first-order valence-electron chi connectivity index (χ1n) is 25.0. The summed E-state index contributed by atoms with van der Waals surface area (Å²) in [5.74, 6) is -1.78. The van der Waals surface area contributed by atoms with Gasteiger partial charge in [-0.2, -0.15) is 0 Å². The van der Waals surface area contributed by atoms with E-state index in [2.05, 4.69) is 50.3 Å². The van der Waals surface area contributed by atoms with E-state index in [1.165, 1.54) is 141 Å². The summed E-state index contributed by atoms with van der Waals surface area (Å²) < 4.78 is 33.5. The number of nitrogens with two attached hydrogens (primary N) is 1. The highest BCUT2D eigenvalue weighted by Crippen LogP contribution is 2.43. The van der Waals surface area contributed by atoms with Crippen molar-refractivity contribution in [1.29, 1.82) is 0 Å². The standard InChI is InChI=1S/C50H94NO9P/c1-3-5-7-9-11-13-15-17-19-21-22-23-24-25-27-29-31-33-35-37-39-41-43-57-44-47(45-58-61(55,56)59-46-48(51)50(53)54)60-49(52)42-40-38-36-34-32-30-28-26-20-18-16-14-12-10-8-6-4-2/h6,8,12,14,18,20,47-48H,3-5,7,9-11,13,15-17,19,21-46,51H2,1-2H3,(H,53,54)(H,55,56)/b8-6-,14-12-,20-18-. The Labute approximate surface area is 374 Å². The SMILES string of the molecule is CC/C=C\C/C=C\C/C=C\CCCCCCCCCC(=O)OC(COCCCCCCCCCCCCCCCCCCCCCCCC)COP(=O)(O)OCC(N)C(=O)O. The number of carboxylic acids is 1. The van der Waals surface area contributed by atoms with Gasteiger partial charge in [-0.1, -0.05) is 217 Å². The molecule has 0 fully saturated rings. The molecular formula is C50H94NO9P. The van der Waals surface area contributed by atoms with Gasteiger partial charge in [-0.25, -0.2) is 4.57 Å². The van der Waals surface area contributed by atoms with E-state index in [9.17, 15) is 19.0 Å². The van der Waals surface area contributed by atoms with Crippen LogP contribution in [0.15, 0.2) is 36.5 Å². The van der Waals surface area contributed by atoms with Gasteiger partial charge < -0.3 is 25.2 Å². The fourth-order valence-electron chi connectivity index (χ4n) is 7.09. The molecule has 11 heteroatoms. The van der Waals surface area contributed by atoms with Crippen molar-refractivity contribution in [2.45, 2.75) is 244 Å². The highest BCUT2D eigenvalue weighted by molar-refractivity contribution is 7.47. The smallest absolute Gasteiger partial charge is 0.472 e. The zero-order valence-corrected chi connectivity index (χ0v) is 40.2. The fraction of sp³-hybridized carbons (Fsp3) is 0.840. The Balaban J connectivity index is 4.11. The van der Waals surface area contributed by atoms with Crippen LogP contribution in [0, 0.1) is 0 Å². The lowest BCUT2D eigenvalue weighted by atomic mass is 10.0. The molecule has 3 unspecified atom stereocenters. The van der Waals surface area contributed by atoms with Crippen LogP contribution in [0.5, 0.6) is 0 Å². The van der Waals surface area contributed by atoms with Crippen LogP contribution in [-0.2, 0) is 32.7 Å². The Morgan fingerprint density at radius 3 is 1.43 bits per heavy atom. The van der Waals surface area contributed by atoms with E-state index in [0.717, 1.165) is 64.2 Å². The monoisotopic (exact) mass is 884 g/mol. The Kier molecular flexibility index (Phi) is 44.8. The number of carboxylic acid groups (broad SMARTS) is 1. The summed E-state index contributed by atoms with van der Waals surface area (Å²) in [4.78, 5) is 33.6. The van der Waals surface area contributed by atoms with Gasteiger partial charge >= 0.3 is 19.8 Å². The van der Waals surface area contributed by atoms with E-state index in [1.807, 2.05) is 0 Å². The number of phosphoric ester groups is 1. The molecular weight excluding hydrogens is 790 g/mol. The summed E-state index contributed by atoms with van der Waals surface area (Å²) in [7, 11) is -4.62. The second-order valence-electron chi connectivity index (χ2n) is 16.9. The maximum Gasteiger partial charge on any atom is 0.472 e. The molecule has 0 amide bonds. The van der Waals surface area contributed by atoms with E-state index in [-0.39, 0.29) is 13.0 Å². The molecule has 0 heterocycles. The van der Waals surface area contributed by atoms with Crippen molar-refractivity contribution in [1.82, 2.24) is 0 Å². The van der Waals surface area contributed by atoms with Crippen molar-refractivity contribution >= 4 is 19.8 Å². The maximum absolute atomic E-state index is 12.7. The molecule has 0 radical (unpaired) electrons. The second kappa shape index (κ2) is 46.2. The van der Waals surface area contributed by atoms with Gasteiger partial charge in [-0.15, -0.1) is 0 Å². The number of phosphoric acid groups is 1. The fourth-order valence-corrected chi connectivity index (χ4v) is 7.87. The van der Waals surface area contributed by atoms with Crippen LogP contribution >= 0.6 is 7.82 Å². The van der Waals surface area contributed by atoms with Gasteiger partial charge in [0.2, 0.25) is 0 Å². The third-order valence-corrected chi connectivity index (χ3v) is 11.9. The summed E-state index contributed by atoms with van der Waals surface area (Å²) in [6.45, 7) is 3.80. The van der Waals surface area contributed by atoms with Crippen LogP contribution < -0.4 is 5.73 Å². The van der Waals surface area contributed by atoms with E-state index >= 15 is 0 Å². The minimum absolute atomic E-state index is 0.0160. The highest BCUT2D eigenvalue weighted by Gasteiger charge is 2.27. The number of ether oxygens (including phenoxy) is 2. The van der Waals surface area contributed by atoms with Crippen LogP contribution in [0.4, 0.5) is 0 Å². The third kappa shape index (κ3) is 46.0. The molecule has 358 valence electrons. The number of hydrogen-bond acceptors (Lipinski definition) is 8.